The molecule has 174 valence electrons. The fourth-order valence-electron chi connectivity index (χ4n) is 3.35. The molecule has 1 heterocycles. The highest BCUT2D eigenvalue weighted by Crippen LogP contribution is 2.20. The van der Waals surface area contributed by atoms with Crippen molar-refractivity contribution in [3.8, 4) is 17.2 Å². The van der Waals surface area contributed by atoms with Gasteiger partial charge in [-0.1, -0.05) is 0 Å². The van der Waals surface area contributed by atoms with E-state index in [-0.39, 0.29) is 6.03 Å². The van der Waals surface area contributed by atoms with Crippen LogP contribution in [0.15, 0.2) is 77.8 Å². The lowest BCUT2D eigenvalue weighted by Crippen LogP contribution is -2.38. The molecule has 3 aromatic rings. The Labute approximate surface area is 197 Å². The van der Waals surface area contributed by atoms with Crippen molar-refractivity contribution >= 4 is 29.3 Å². The highest BCUT2D eigenvalue weighted by Gasteiger charge is 2.25. The van der Waals surface area contributed by atoms with Gasteiger partial charge in [0.25, 0.3) is 0 Å². The summed E-state index contributed by atoms with van der Waals surface area (Å²) in [7, 11) is 3.16. The van der Waals surface area contributed by atoms with Gasteiger partial charge in [0.1, 0.15) is 23.1 Å². The van der Waals surface area contributed by atoms with E-state index in [1.165, 1.54) is 0 Å². The van der Waals surface area contributed by atoms with Gasteiger partial charge >= 0.3 is 12.1 Å². The van der Waals surface area contributed by atoms with Gasteiger partial charge in [-0.3, -0.25) is 15.2 Å². The average Bonchev–Trinajstić information content (AvgIpc) is 3.36. The summed E-state index contributed by atoms with van der Waals surface area (Å²) in [4.78, 5) is 31.0. The van der Waals surface area contributed by atoms with Gasteiger partial charge in [-0.15, -0.1) is 0 Å². The van der Waals surface area contributed by atoms with Crippen LogP contribution in [0.3, 0.4) is 0 Å². The van der Waals surface area contributed by atoms with Crippen LogP contribution in [-0.4, -0.2) is 50.2 Å². The summed E-state index contributed by atoms with van der Waals surface area (Å²) in [5, 5.41) is 5.52. The first-order valence-corrected chi connectivity index (χ1v) is 10.6. The number of hydrogen-bond donors (Lipinski definition) is 2. The molecule has 1 aliphatic heterocycles. The van der Waals surface area contributed by atoms with Gasteiger partial charge in [0.05, 0.1) is 20.8 Å². The van der Waals surface area contributed by atoms with Crippen molar-refractivity contribution in [1.29, 1.82) is 0 Å². The molecule has 0 unspecified atom stereocenters. The summed E-state index contributed by atoms with van der Waals surface area (Å²) in [6.07, 6.45) is -0.614. The fourth-order valence-corrected chi connectivity index (χ4v) is 3.35. The topological polar surface area (TPSA) is 101 Å². The Morgan fingerprint density at radius 3 is 1.85 bits per heavy atom. The van der Waals surface area contributed by atoms with E-state index in [1.54, 1.807) is 91.9 Å². The van der Waals surface area contributed by atoms with Crippen LogP contribution in [0.4, 0.5) is 21.0 Å². The largest absolute Gasteiger partial charge is 0.497 e. The highest BCUT2D eigenvalue weighted by molar-refractivity contribution is 6.11. The van der Waals surface area contributed by atoms with Crippen molar-refractivity contribution in [2.24, 2.45) is 4.99 Å². The number of nitrogens with zero attached hydrogens (tertiary/aromatic N) is 2. The molecule has 1 aliphatic rings. The SMILES string of the molecule is COc1ccc(NC(=O)Oc2ccc(C3=NCCN3C(=O)Nc3ccc(OC)cc3)cc2)cc1. The minimum atomic E-state index is -0.614. The summed E-state index contributed by atoms with van der Waals surface area (Å²) in [6.45, 7) is 0.980. The number of urea groups is 1. The second-order valence-electron chi connectivity index (χ2n) is 7.28. The van der Waals surface area contributed by atoms with Crippen LogP contribution in [0.5, 0.6) is 17.2 Å². The first-order chi connectivity index (χ1) is 16.6. The number of carbonyl (C=O) groups excluding carboxylic acids is 2. The van der Waals surface area contributed by atoms with E-state index in [1.807, 2.05) is 0 Å². The maximum atomic E-state index is 12.8. The molecule has 3 amide bonds. The number of hydrogen-bond acceptors (Lipinski definition) is 6. The van der Waals surface area contributed by atoms with Gasteiger partial charge < -0.3 is 19.5 Å². The second-order valence-corrected chi connectivity index (χ2v) is 7.28. The molecule has 0 atom stereocenters. The third-order valence-corrected chi connectivity index (χ3v) is 5.09. The number of amidine groups is 1. The Morgan fingerprint density at radius 1 is 0.765 bits per heavy atom. The number of ether oxygens (including phenoxy) is 3. The Balaban J connectivity index is 1.36. The summed E-state index contributed by atoms with van der Waals surface area (Å²) in [5.41, 5.74) is 1.98. The predicted octanol–water partition coefficient (Wildman–Crippen LogP) is 4.61. The van der Waals surface area contributed by atoms with Gasteiger partial charge in [0.2, 0.25) is 0 Å². The molecule has 0 spiro atoms. The van der Waals surface area contributed by atoms with Gasteiger partial charge in [0, 0.05) is 23.5 Å². The second kappa shape index (κ2) is 10.4. The quantitative estimate of drug-likeness (QED) is 0.559. The number of amides is 3. The number of rotatable bonds is 6. The van der Waals surface area contributed by atoms with Crippen LogP contribution < -0.4 is 24.8 Å². The van der Waals surface area contributed by atoms with Crippen molar-refractivity contribution in [1.82, 2.24) is 4.90 Å². The zero-order valence-corrected chi connectivity index (χ0v) is 18.8. The summed E-state index contributed by atoms with van der Waals surface area (Å²) in [5.74, 6) is 2.32. The van der Waals surface area contributed by atoms with E-state index in [9.17, 15) is 9.59 Å². The Bertz CT molecular complexity index is 1180. The van der Waals surface area contributed by atoms with Gasteiger partial charge in [0.15, 0.2) is 0 Å². The Morgan fingerprint density at radius 2 is 1.29 bits per heavy atom. The number of methoxy groups -OCH3 is 2. The fraction of sp³-hybridized carbons (Fsp3) is 0.160. The van der Waals surface area contributed by atoms with Crippen molar-refractivity contribution in [2.75, 3.05) is 37.9 Å². The van der Waals surface area contributed by atoms with Crippen molar-refractivity contribution < 1.29 is 23.8 Å². The molecule has 0 aliphatic carbocycles. The van der Waals surface area contributed by atoms with E-state index in [0.29, 0.717) is 47.5 Å². The lowest BCUT2D eigenvalue weighted by Gasteiger charge is -2.19. The van der Waals surface area contributed by atoms with Crippen LogP contribution in [0, 0.1) is 0 Å². The lowest BCUT2D eigenvalue weighted by atomic mass is 10.2. The molecule has 0 saturated heterocycles. The summed E-state index contributed by atoms with van der Waals surface area (Å²) >= 11 is 0. The average molecular weight is 460 g/mol. The van der Waals surface area contributed by atoms with Crippen LogP contribution in [0.25, 0.3) is 0 Å². The van der Waals surface area contributed by atoms with Crippen LogP contribution >= 0.6 is 0 Å². The smallest absolute Gasteiger partial charge is 0.417 e. The zero-order valence-electron chi connectivity index (χ0n) is 18.8. The number of aliphatic imine (C=N–C) groups is 1. The molecule has 0 aromatic heterocycles. The molecule has 9 heteroatoms. The summed E-state index contributed by atoms with van der Waals surface area (Å²) in [6, 6.07) is 20.6. The molecule has 3 aromatic carbocycles. The molecular weight excluding hydrogens is 436 g/mol. The molecule has 0 fully saturated rings. The van der Waals surface area contributed by atoms with Crippen LogP contribution in [0.1, 0.15) is 5.56 Å². The number of anilines is 2. The molecular formula is C25H24N4O5. The minimum Gasteiger partial charge on any atom is -0.497 e. The standard InChI is InChI=1S/C25H24N4O5/c1-32-20-11-5-18(6-12-20)27-24(30)29-16-15-26-23(29)17-3-9-22(10-4-17)34-25(31)28-19-7-13-21(33-2)14-8-19/h3-14H,15-16H2,1-2H3,(H,27,30)(H,28,31). The van der Waals surface area contributed by atoms with Crippen molar-refractivity contribution in [3.05, 3.63) is 78.4 Å². The van der Waals surface area contributed by atoms with Gasteiger partial charge in [-0.05, 0) is 72.8 Å². The Hall–Kier alpha value is -4.53. The van der Waals surface area contributed by atoms with E-state index >= 15 is 0 Å². The van der Waals surface area contributed by atoms with Crippen LogP contribution in [-0.2, 0) is 0 Å². The number of carbonyl (C=O) groups is 2. The van der Waals surface area contributed by atoms with Crippen molar-refractivity contribution in [2.45, 2.75) is 0 Å². The molecule has 0 saturated carbocycles. The van der Waals surface area contributed by atoms with E-state index in [2.05, 4.69) is 15.6 Å². The van der Waals surface area contributed by atoms with Gasteiger partial charge in [-0.2, -0.15) is 0 Å². The normalized spacial score (nSPS) is 12.5. The number of nitrogens with one attached hydrogen (secondary N) is 2. The predicted molar refractivity (Wildman–Crippen MR) is 129 cm³/mol. The first-order valence-electron chi connectivity index (χ1n) is 10.6. The minimum absolute atomic E-state index is 0.277. The van der Waals surface area contributed by atoms with E-state index in [0.717, 1.165) is 5.56 Å². The molecule has 0 bridgehead atoms. The zero-order chi connectivity index (χ0) is 23.9. The monoisotopic (exact) mass is 460 g/mol. The molecule has 9 nitrogen and oxygen atoms in total. The van der Waals surface area contributed by atoms with Crippen molar-refractivity contribution in [3.63, 3.8) is 0 Å². The molecule has 34 heavy (non-hydrogen) atoms. The Kier molecular flexibility index (Phi) is 6.92. The summed E-state index contributed by atoms with van der Waals surface area (Å²) < 4.78 is 15.6. The maximum Gasteiger partial charge on any atom is 0.417 e. The van der Waals surface area contributed by atoms with Crippen LogP contribution in [0.2, 0.25) is 0 Å². The molecule has 2 N–H and O–H groups in total. The third kappa shape index (κ3) is 5.44. The highest BCUT2D eigenvalue weighted by atomic mass is 16.6. The molecule has 4 rings (SSSR count). The van der Waals surface area contributed by atoms with E-state index < -0.39 is 6.09 Å². The first kappa shape index (κ1) is 22.7. The van der Waals surface area contributed by atoms with E-state index in [4.69, 9.17) is 14.2 Å². The lowest BCUT2D eigenvalue weighted by molar-refractivity contribution is 0.215. The number of benzene rings is 3. The third-order valence-electron chi connectivity index (χ3n) is 5.09. The maximum absolute atomic E-state index is 12.8. The molecule has 0 radical (unpaired) electrons. The van der Waals surface area contributed by atoms with Gasteiger partial charge in [-0.25, -0.2) is 9.59 Å².